The molecular formula is C12H17N3O2. The largest absolute Gasteiger partial charge is 0.463 e. The molecule has 92 valence electrons. The summed E-state index contributed by atoms with van der Waals surface area (Å²) in [5, 5.41) is 7.34. The first-order valence-electron chi connectivity index (χ1n) is 5.81. The molecular weight excluding hydrogens is 218 g/mol. The molecule has 17 heavy (non-hydrogen) atoms. The Bertz CT molecular complexity index is 448. The summed E-state index contributed by atoms with van der Waals surface area (Å²) in [6, 6.07) is 0. The number of ether oxygens (including phenoxy) is 1. The van der Waals surface area contributed by atoms with Crippen LogP contribution in [0.1, 0.15) is 18.9 Å². The highest BCUT2D eigenvalue weighted by molar-refractivity contribution is 5.98. The van der Waals surface area contributed by atoms with E-state index in [0.29, 0.717) is 13.2 Å². The summed E-state index contributed by atoms with van der Waals surface area (Å²) in [5.41, 5.74) is 2.79. The summed E-state index contributed by atoms with van der Waals surface area (Å²) >= 11 is 0. The van der Waals surface area contributed by atoms with Crippen molar-refractivity contribution in [2.45, 2.75) is 13.3 Å². The Hall–Kier alpha value is -1.62. The minimum Gasteiger partial charge on any atom is -0.463 e. The molecule has 1 N–H and O–H groups in total. The molecule has 2 heterocycles. The third-order valence-electron chi connectivity index (χ3n) is 2.79. The molecule has 2 rings (SSSR count). The first-order valence-corrected chi connectivity index (χ1v) is 5.81. The van der Waals surface area contributed by atoms with Crippen LogP contribution in [0.2, 0.25) is 0 Å². The van der Waals surface area contributed by atoms with Crippen molar-refractivity contribution in [2.75, 3.05) is 19.7 Å². The van der Waals surface area contributed by atoms with Gasteiger partial charge in [0, 0.05) is 25.4 Å². The number of hydrogen-bond acceptors (Lipinski definition) is 4. The van der Waals surface area contributed by atoms with Crippen molar-refractivity contribution < 1.29 is 9.53 Å². The van der Waals surface area contributed by atoms with Gasteiger partial charge in [0.25, 0.3) is 0 Å². The number of hydrogen-bond donors (Lipinski definition) is 1. The van der Waals surface area contributed by atoms with Gasteiger partial charge in [-0.3, -0.25) is 4.68 Å². The van der Waals surface area contributed by atoms with E-state index in [1.54, 1.807) is 10.9 Å². The number of aromatic nitrogens is 2. The lowest BCUT2D eigenvalue weighted by Gasteiger charge is -2.19. The first kappa shape index (κ1) is 11.9. The van der Waals surface area contributed by atoms with Crippen molar-refractivity contribution in [3.05, 3.63) is 23.5 Å². The smallest absolute Gasteiger partial charge is 0.335 e. The molecule has 1 aromatic rings. The Morgan fingerprint density at radius 3 is 3.12 bits per heavy atom. The van der Waals surface area contributed by atoms with Crippen LogP contribution in [0.4, 0.5) is 0 Å². The number of aryl methyl sites for hydroxylation is 1. The summed E-state index contributed by atoms with van der Waals surface area (Å²) < 4.78 is 6.82. The lowest BCUT2D eigenvalue weighted by Crippen LogP contribution is -2.29. The van der Waals surface area contributed by atoms with Gasteiger partial charge in [0.1, 0.15) is 0 Å². The fraction of sp³-hybridized carbons (Fsp3) is 0.500. The highest BCUT2D eigenvalue weighted by atomic mass is 16.5. The van der Waals surface area contributed by atoms with E-state index in [-0.39, 0.29) is 5.97 Å². The van der Waals surface area contributed by atoms with Crippen LogP contribution in [0.5, 0.6) is 0 Å². The second-order valence-corrected chi connectivity index (χ2v) is 4.01. The Balaban J connectivity index is 2.34. The molecule has 5 nitrogen and oxygen atoms in total. The molecule has 0 radical (unpaired) electrons. The molecule has 0 fully saturated rings. The van der Waals surface area contributed by atoms with Gasteiger partial charge < -0.3 is 10.1 Å². The van der Waals surface area contributed by atoms with Gasteiger partial charge in [-0.15, -0.1) is 0 Å². The van der Waals surface area contributed by atoms with Gasteiger partial charge in [0.15, 0.2) is 0 Å². The molecule has 1 aliphatic rings. The third kappa shape index (κ3) is 2.55. The van der Waals surface area contributed by atoms with E-state index in [4.69, 9.17) is 4.74 Å². The van der Waals surface area contributed by atoms with Crippen LogP contribution in [0.3, 0.4) is 0 Å². The monoisotopic (exact) mass is 235 g/mol. The van der Waals surface area contributed by atoms with E-state index in [1.807, 2.05) is 20.2 Å². The molecule has 0 amide bonds. The fourth-order valence-corrected chi connectivity index (χ4v) is 1.99. The molecule has 0 aromatic carbocycles. The predicted molar refractivity (Wildman–Crippen MR) is 64.2 cm³/mol. The van der Waals surface area contributed by atoms with Crippen molar-refractivity contribution in [1.29, 1.82) is 0 Å². The summed E-state index contributed by atoms with van der Waals surface area (Å²) in [5.74, 6) is -0.224. The van der Waals surface area contributed by atoms with E-state index in [0.717, 1.165) is 29.7 Å². The number of esters is 1. The van der Waals surface area contributed by atoms with Gasteiger partial charge in [-0.25, -0.2) is 4.79 Å². The second kappa shape index (κ2) is 5.14. The van der Waals surface area contributed by atoms with E-state index < -0.39 is 0 Å². The van der Waals surface area contributed by atoms with Crippen molar-refractivity contribution >= 4 is 11.5 Å². The zero-order chi connectivity index (χ0) is 12.3. The van der Waals surface area contributed by atoms with Gasteiger partial charge in [0.2, 0.25) is 0 Å². The van der Waals surface area contributed by atoms with Gasteiger partial charge in [-0.2, -0.15) is 5.10 Å². The third-order valence-corrected chi connectivity index (χ3v) is 2.79. The second-order valence-electron chi connectivity index (χ2n) is 4.01. The zero-order valence-corrected chi connectivity index (χ0v) is 10.2. The molecule has 5 heteroatoms. The molecule has 1 aliphatic heterocycles. The average molecular weight is 235 g/mol. The number of carbonyl (C=O) groups is 1. The van der Waals surface area contributed by atoms with Gasteiger partial charge in [-0.05, 0) is 25.5 Å². The number of nitrogens with one attached hydrogen (secondary N) is 1. The minimum absolute atomic E-state index is 0.224. The maximum absolute atomic E-state index is 11.8. The molecule has 0 aliphatic carbocycles. The van der Waals surface area contributed by atoms with Crippen LogP contribution in [0, 0.1) is 0 Å². The SMILES string of the molecule is CCOC(=O)C1=C(c2cnn(C)c2)CCNC1. The van der Waals surface area contributed by atoms with Crippen molar-refractivity contribution in [2.24, 2.45) is 7.05 Å². The van der Waals surface area contributed by atoms with Crippen molar-refractivity contribution in [3.63, 3.8) is 0 Å². The van der Waals surface area contributed by atoms with Crippen LogP contribution in [-0.2, 0) is 16.6 Å². The zero-order valence-electron chi connectivity index (χ0n) is 10.2. The lowest BCUT2D eigenvalue weighted by molar-refractivity contribution is -0.138. The van der Waals surface area contributed by atoms with Crippen LogP contribution in [0.15, 0.2) is 18.0 Å². The van der Waals surface area contributed by atoms with Crippen LogP contribution in [-0.4, -0.2) is 35.4 Å². The predicted octanol–water partition coefficient (Wildman–Crippen LogP) is 0.730. The molecule has 0 atom stereocenters. The highest BCUT2D eigenvalue weighted by Gasteiger charge is 2.21. The minimum atomic E-state index is -0.224. The molecule has 0 spiro atoms. The van der Waals surface area contributed by atoms with Gasteiger partial charge in [-0.1, -0.05) is 0 Å². The Kier molecular flexibility index (Phi) is 3.58. The number of nitrogens with zero attached hydrogens (tertiary/aromatic N) is 2. The Morgan fingerprint density at radius 2 is 2.47 bits per heavy atom. The van der Waals surface area contributed by atoms with Gasteiger partial charge >= 0.3 is 5.97 Å². The molecule has 0 unspecified atom stereocenters. The maximum atomic E-state index is 11.8. The number of rotatable bonds is 3. The summed E-state index contributed by atoms with van der Waals surface area (Å²) in [4.78, 5) is 11.8. The molecule has 0 bridgehead atoms. The first-order chi connectivity index (χ1) is 8.22. The van der Waals surface area contributed by atoms with Crippen LogP contribution >= 0.6 is 0 Å². The Morgan fingerprint density at radius 1 is 1.65 bits per heavy atom. The summed E-state index contributed by atoms with van der Waals surface area (Å²) in [7, 11) is 1.87. The molecule has 0 saturated carbocycles. The highest BCUT2D eigenvalue weighted by Crippen LogP contribution is 2.24. The normalized spacial score (nSPS) is 16.1. The molecule has 1 aromatic heterocycles. The van der Waals surface area contributed by atoms with Crippen LogP contribution in [0.25, 0.3) is 5.57 Å². The van der Waals surface area contributed by atoms with Crippen LogP contribution < -0.4 is 5.32 Å². The van der Waals surface area contributed by atoms with Gasteiger partial charge in [0.05, 0.1) is 18.4 Å². The fourth-order valence-electron chi connectivity index (χ4n) is 1.99. The van der Waals surface area contributed by atoms with E-state index in [1.165, 1.54) is 0 Å². The van der Waals surface area contributed by atoms with E-state index in [9.17, 15) is 4.79 Å². The van der Waals surface area contributed by atoms with E-state index >= 15 is 0 Å². The Labute approximate surface area is 100 Å². The number of carbonyl (C=O) groups excluding carboxylic acids is 1. The summed E-state index contributed by atoms with van der Waals surface area (Å²) in [6.07, 6.45) is 4.56. The quantitative estimate of drug-likeness (QED) is 0.785. The van der Waals surface area contributed by atoms with E-state index in [2.05, 4.69) is 10.4 Å². The van der Waals surface area contributed by atoms with Crippen molar-refractivity contribution in [3.8, 4) is 0 Å². The summed E-state index contributed by atoms with van der Waals surface area (Å²) in [6.45, 7) is 3.68. The maximum Gasteiger partial charge on any atom is 0.335 e. The lowest BCUT2D eigenvalue weighted by atomic mass is 9.96. The standard InChI is InChI=1S/C12H17N3O2/c1-3-17-12(16)11-7-13-5-4-10(11)9-6-14-15(2)8-9/h6,8,13H,3-5,7H2,1-2H3. The van der Waals surface area contributed by atoms with Crippen molar-refractivity contribution in [1.82, 2.24) is 15.1 Å². The average Bonchev–Trinajstić information content (AvgIpc) is 2.76. The molecule has 0 saturated heterocycles. The topological polar surface area (TPSA) is 56.1 Å².